The maximum atomic E-state index is 13.7. The molecule has 0 amide bonds. The number of nitrogens with one attached hydrogen (secondary N) is 3. The Hall–Kier alpha value is -2.21. The lowest BCUT2D eigenvalue weighted by Gasteiger charge is -2.12. The molecular weight excluding hydrogens is 525 g/mol. The third-order valence-electron chi connectivity index (χ3n) is 4.47. The molecule has 1 heterocycles. The maximum absolute atomic E-state index is 13.7. The number of hydrogen-bond acceptors (Lipinski definition) is 3. The van der Waals surface area contributed by atoms with E-state index in [4.69, 9.17) is 0 Å². The first-order valence-electron chi connectivity index (χ1n) is 9.08. The molecule has 10 heteroatoms. The number of nitrogens with zero attached hydrogens (tertiary/aromatic N) is 1. The molecule has 30 heavy (non-hydrogen) atoms. The molecule has 0 unspecified atom stereocenters. The van der Waals surface area contributed by atoms with Crippen molar-refractivity contribution in [2.75, 3.05) is 25.9 Å². The Labute approximate surface area is 191 Å². The van der Waals surface area contributed by atoms with Crippen LogP contribution in [0.1, 0.15) is 5.56 Å². The van der Waals surface area contributed by atoms with E-state index < -0.39 is 15.7 Å². The Morgan fingerprint density at radius 1 is 1.10 bits per heavy atom. The average molecular weight is 548 g/mol. The first kappa shape index (κ1) is 24.1. The van der Waals surface area contributed by atoms with E-state index in [0.29, 0.717) is 18.9 Å². The smallest absolute Gasteiger partial charge is 0.191 e. The molecule has 0 aliphatic rings. The fourth-order valence-electron chi connectivity index (χ4n) is 3.00. The maximum Gasteiger partial charge on any atom is 0.191 e. The van der Waals surface area contributed by atoms with Gasteiger partial charge in [-0.05, 0) is 42.3 Å². The van der Waals surface area contributed by atoms with E-state index >= 15 is 0 Å². The van der Waals surface area contributed by atoms with Crippen molar-refractivity contribution < 1.29 is 17.2 Å². The number of halogens is 3. The second kappa shape index (κ2) is 10.7. The average Bonchev–Trinajstić information content (AvgIpc) is 3.09. The Morgan fingerprint density at radius 3 is 2.57 bits per heavy atom. The number of hydrogen-bond donors (Lipinski definition) is 3. The molecule has 0 atom stereocenters. The summed E-state index contributed by atoms with van der Waals surface area (Å²) in [6.07, 6.45) is 2.46. The van der Waals surface area contributed by atoms with Gasteiger partial charge in [0.1, 0.15) is 16.5 Å². The van der Waals surface area contributed by atoms with Crippen LogP contribution in [-0.2, 0) is 16.3 Å². The van der Waals surface area contributed by atoms with Crippen molar-refractivity contribution in [3.05, 3.63) is 65.9 Å². The van der Waals surface area contributed by atoms with Gasteiger partial charge in [0.05, 0.1) is 5.75 Å². The minimum absolute atomic E-state index is 0. The van der Waals surface area contributed by atoms with Gasteiger partial charge in [-0.15, -0.1) is 24.0 Å². The van der Waals surface area contributed by atoms with Crippen molar-refractivity contribution in [3.8, 4) is 0 Å². The summed E-state index contributed by atoms with van der Waals surface area (Å²) in [5.41, 5.74) is 1.83. The lowest BCUT2D eigenvalue weighted by Crippen LogP contribution is -2.40. The molecule has 162 valence electrons. The van der Waals surface area contributed by atoms with Gasteiger partial charge in [0.25, 0.3) is 0 Å². The minimum atomic E-state index is -3.74. The second-order valence-electron chi connectivity index (χ2n) is 6.43. The van der Waals surface area contributed by atoms with Crippen LogP contribution in [0.2, 0.25) is 0 Å². The fraction of sp³-hybridized carbons (Fsp3) is 0.250. The van der Waals surface area contributed by atoms with Gasteiger partial charge in [0.15, 0.2) is 15.8 Å². The van der Waals surface area contributed by atoms with Crippen LogP contribution >= 0.6 is 24.0 Å². The Kier molecular flexibility index (Phi) is 8.59. The molecule has 2 aromatic carbocycles. The molecule has 0 spiro atoms. The van der Waals surface area contributed by atoms with Crippen LogP contribution in [0.25, 0.3) is 10.9 Å². The molecule has 3 rings (SSSR count). The first-order valence-corrected chi connectivity index (χ1v) is 10.7. The highest BCUT2D eigenvalue weighted by Crippen LogP contribution is 2.19. The Balaban J connectivity index is 0.00000320. The second-order valence-corrected chi connectivity index (χ2v) is 8.51. The van der Waals surface area contributed by atoms with Gasteiger partial charge in [-0.1, -0.05) is 12.1 Å². The molecule has 0 fully saturated rings. The van der Waals surface area contributed by atoms with Crippen LogP contribution in [0.15, 0.2) is 58.5 Å². The summed E-state index contributed by atoms with van der Waals surface area (Å²) in [7, 11) is -2.17. The number of benzene rings is 2. The zero-order valence-corrected chi connectivity index (χ0v) is 19.4. The van der Waals surface area contributed by atoms with Crippen molar-refractivity contribution in [1.29, 1.82) is 0 Å². The van der Waals surface area contributed by atoms with E-state index in [-0.39, 0.29) is 47.0 Å². The van der Waals surface area contributed by atoms with Gasteiger partial charge >= 0.3 is 0 Å². The molecule has 0 aliphatic carbocycles. The van der Waals surface area contributed by atoms with Crippen molar-refractivity contribution in [1.82, 2.24) is 15.6 Å². The summed E-state index contributed by atoms with van der Waals surface area (Å²) in [6, 6.07) is 9.89. The van der Waals surface area contributed by atoms with Gasteiger partial charge in [0, 0.05) is 37.2 Å². The minimum Gasteiger partial charge on any atom is -0.361 e. The van der Waals surface area contributed by atoms with Crippen LogP contribution in [0.5, 0.6) is 0 Å². The summed E-state index contributed by atoms with van der Waals surface area (Å²) in [6.45, 7) is 0.595. The predicted molar refractivity (Wildman–Crippen MR) is 125 cm³/mol. The first-order chi connectivity index (χ1) is 13.9. The van der Waals surface area contributed by atoms with Crippen LogP contribution in [0, 0.1) is 11.6 Å². The number of aromatic amines is 1. The Morgan fingerprint density at radius 2 is 1.83 bits per heavy atom. The molecule has 1 aromatic heterocycles. The van der Waals surface area contributed by atoms with Gasteiger partial charge in [-0.2, -0.15) is 0 Å². The van der Waals surface area contributed by atoms with Gasteiger partial charge in [-0.3, -0.25) is 4.99 Å². The fourth-order valence-corrected chi connectivity index (χ4v) is 4.25. The van der Waals surface area contributed by atoms with E-state index in [1.165, 1.54) is 30.3 Å². The number of rotatable bonds is 7. The standard InChI is InChI=1S/C20H22F2N4O2S.HI/c1-23-20(25-10-11-29(27,28)19-5-3-2-4-17(19)22)24-9-8-14-13-26-18-7-6-15(21)12-16(14)18;/h2-7,12-13,26H,8-11H2,1H3,(H2,23,24,25);1H. The number of aromatic nitrogens is 1. The van der Waals surface area contributed by atoms with Crippen molar-refractivity contribution in [3.63, 3.8) is 0 Å². The highest BCUT2D eigenvalue weighted by atomic mass is 127. The van der Waals surface area contributed by atoms with Gasteiger partial charge in [-0.25, -0.2) is 17.2 Å². The molecular formula is C20H23F2IN4O2S. The van der Waals surface area contributed by atoms with Crippen LogP contribution in [0.4, 0.5) is 8.78 Å². The van der Waals surface area contributed by atoms with E-state index in [1.54, 1.807) is 13.1 Å². The predicted octanol–water partition coefficient (Wildman–Crippen LogP) is 3.25. The van der Waals surface area contributed by atoms with E-state index in [0.717, 1.165) is 22.5 Å². The molecule has 3 N–H and O–H groups in total. The number of H-pyrrole nitrogens is 1. The summed E-state index contributed by atoms with van der Waals surface area (Å²) >= 11 is 0. The van der Waals surface area contributed by atoms with Crippen molar-refractivity contribution in [2.24, 2.45) is 4.99 Å². The molecule has 3 aromatic rings. The third-order valence-corrected chi connectivity index (χ3v) is 6.22. The van der Waals surface area contributed by atoms with Crippen molar-refractivity contribution in [2.45, 2.75) is 11.3 Å². The normalized spacial score (nSPS) is 11.9. The Bertz CT molecular complexity index is 1130. The highest BCUT2D eigenvalue weighted by Gasteiger charge is 2.18. The number of sulfone groups is 1. The van der Waals surface area contributed by atoms with Gasteiger partial charge < -0.3 is 15.6 Å². The molecule has 6 nitrogen and oxygen atoms in total. The topological polar surface area (TPSA) is 86.3 Å². The molecule has 0 aliphatic heterocycles. The molecule has 0 saturated heterocycles. The van der Waals surface area contributed by atoms with Crippen LogP contribution < -0.4 is 10.6 Å². The summed E-state index contributed by atoms with van der Waals surface area (Å²) < 4.78 is 51.7. The quantitative estimate of drug-likeness (QED) is 0.241. The number of guanidine groups is 1. The molecule has 0 bridgehead atoms. The van der Waals surface area contributed by atoms with Crippen LogP contribution in [0.3, 0.4) is 0 Å². The monoisotopic (exact) mass is 548 g/mol. The zero-order chi connectivity index (χ0) is 20.9. The summed E-state index contributed by atoms with van der Waals surface area (Å²) in [5, 5.41) is 6.82. The zero-order valence-electron chi connectivity index (χ0n) is 16.3. The SMILES string of the molecule is CN=C(NCCc1c[nH]c2ccc(F)cc12)NCCS(=O)(=O)c1ccccc1F.I. The number of fused-ring (bicyclic) bond motifs is 1. The molecule has 0 radical (unpaired) electrons. The lowest BCUT2D eigenvalue weighted by molar-refractivity contribution is 0.566. The van der Waals surface area contributed by atoms with Crippen molar-refractivity contribution >= 4 is 50.7 Å². The molecule has 0 saturated carbocycles. The summed E-state index contributed by atoms with van der Waals surface area (Å²) in [5.74, 6) is -0.888. The number of aliphatic imine (C=N–C) groups is 1. The van der Waals surface area contributed by atoms with E-state index in [1.807, 2.05) is 6.20 Å². The largest absolute Gasteiger partial charge is 0.361 e. The third kappa shape index (κ3) is 5.91. The lowest BCUT2D eigenvalue weighted by atomic mass is 10.1. The highest BCUT2D eigenvalue weighted by molar-refractivity contribution is 14.0. The van der Waals surface area contributed by atoms with Crippen LogP contribution in [-0.4, -0.2) is 45.3 Å². The van der Waals surface area contributed by atoms with E-state index in [2.05, 4.69) is 20.6 Å². The summed E-state index contributed by atoms with van der Waals surface area (Å²) in [4.78, 5) is 6.84. The van der Waals surface area contributed by atoms with Gasteiger partial charge in [0.2, 0.25) is 0 Å². The van der Waals surface area contributed by atoms with E-state index in [9.17, 15) is 17.2 Å².